The van der Waals surface area contributed by atoms with Gasteiger partial charge in [0, 0.05) is 18.7 Å². The summed E-state index contributed by atoms with van der Waals surface area (Å²) in [5, 5.41) is 9.05. The van der Waals surface area contributed by atoms with Crippen molar-refractivity contribution in [3.05, 3.63) is 29.3 Å². The maximum Gasteiger partial charge on any atom is 0.335 e. The van der Waals surface area contributed by atoms with Gasteiger partial charge in [-0.15, -0.1) is 0 Å². The second-order valence-corrected chi connectivity index (χ2v) is 5.40. The number of carboxylic acid groups (broad SMARTS) is 1. The number of anilines is 1. The molecule has 0 saturated heterocycles. The van der Waals surface area contributed by atoms with Crippen molar-refractivity contribution in [3.8, 4) is 0 Å². The SMILES string of the molecule is NCCCCCCC(=O)N1CCc2ccc(C(=O)O)cc21. The molecule has 0 bridgehead atoms. The largest absolute Gasteiger partial charge is 0.478 e. The summed E-state index contributed by atoms with van der Waals surface area (Å²) in [7, 11) is 0. The minimum atomic E-state index is -0.959. The molecule has 5 nitrogen and oxygen atoms in total. The molecule has 0 unspecified atom stereocenters. The molecule has 1 amide bonds. The predicted octanol–water partition coefficient (Wildman–Crippen LogP) is 2.18. The van der Waals surface area contributed by atoms with Gasteiger partial charge in [0.05, 0.1) is 5.56 Å². The van der Waals surface area contributed by atoms with Gasteiger partial charge < -0.3 is 15.7 Å². The summed E-state index contributed by atoms with van der Waals surface area (Å²) in [5.74, 6) is -0.872. The van der Waals surface area contributed by atoms with Crippen LogP contribution in [0.15, 0.2) is 18.2 Å². The first kappa shape index (κ1) is 15.5. The molecule has 5 heteroatoms. The first-order valence-corrected chi connectivity index (χ1v) is 7.50. The van der Waals surface area contributed by atoms with Crippen LogP contribution in [0, 0.1) is 0 Å². The van der Waals surface area contributed by atoms with E-state index in [2.05, 4.69) is 0 Å². The number of benzene rings is 1. The summed E-state index contributed by atoms with van der Waals surface area (Å²) < 4.78 is 0. The van der Waals surface area contributed by atoms with Crippen LogP contribution in [0.3, 0.4) is 0 Å². The Morgan fingerprint density at radius 3 is 2.67 bits per heavy atom. The minimum absolute atomic E-state index is 0.0871. The third-order valence-corrected chi connectivity index (χ3v) is 3.87. The highest BCUT2D eigenvalue weighted by Crippen LogP contribution is 2.30. The molecular formula is C16H22N2O3. The fourth-order valence-corrected chi connectivity index (χ4v) is 2.68. The van der Waals surface area contributed by atoms with Gasteiger partial charge in [-0.25, -0.2) is 4.79 Å². The number of nitrogens with zero attached hydrogens (tertiary/aromatic N) is 1. The number of carbonyl (C=O) groups is 2. The van der Waals surface area contributed by atoms with Crippen LogP contribution >= 0.6 is 0 Å². The van der Waals surface area contributed by atoms with E-state index in [1.807, 2.05) is 6.07 Å². The highest BCUT2D eigenvalue weighted by molar-refractivity contribution is 5.97. The van der Waals surface area contributed by atoms with Crippen LogP contribution in [-0.2, 0) is 11.2 Å². The second-order valence-electron chi connectivity index (χ2n) is 5.40. The Morgan fingerprint density at radius 2 is 1.95 bits per heavy atom. The topological polar surface area (TPSA) is 83.6 Å². The lowest BCUT2D eigenvalue weighted by Gasteiger charge is -2.17. The van der Waals surface area contributed by atoms with Gasteiger partial charge in [0.2, 0.25) is 5.91 Å². The third kappa shape index (κ3) is 3.82. The van der Waals surface area contributed by atoms with E-state index in [1.54, 1.807) is 17.0 Å². The number of carboxylic acids is 1. The zero-order chi connectivity index (χ0) is 15.2. The van der Waals surface area contributed by atoms with Gasteiger partial charge in [0.1, 0.15) is 0 Å². The Kier molecular flexibility index (Phi) is 5.33. The van der Waals surface area contributed by atoms with E-state index in [-0.39, 0.29) is 11.5 Å². The molecule has 1 aromatic carbocycles. The van der Waals surface area contributed by atoms with E-state index in [1.165, 1.54) is 0 Å². The van der Waals surface area contributed by atoms with Crippen LogP contribution in [-0.4, -0.2) is 30.1 Å². The Hall–Kier alpha value is -1.88. The van der Waals surface area contributed by atoms with Crippen molar-refractivity contribution in [3.63, 3.8) is 0 Å². The van der Waals surface area contributed by atoms with Crippen molar-refractivity contribution in [2.24, 2.45) is 5.73 Å². The van der Waals surface area contributed by atoms with Crippen LogP contribution in [0.4, 0.5) is 5.69 Å². The monoisotopic (exact) mass is 290 g/mol. The summed E-state index contributed by atoms with van der Waals surface area (Å²) >= 11 is 0. The van der Waals surface area contributed by atoms with Crippen molar-refractivity contribution >= 4 is 17.6 Å². The summed E-state index contributed by atoms with van der Waals surface area (Å²) in [4.78, 5) is 25.0. The number of carbonyl (C=O) groups excluding carboxylic acids is 1. The van der Waals surface area contributed by atoms with Gasteiger partial charge in [0.15, 0.2) is 0 Å². The minimum Gasteiger partial charge on any atom is -0.478 e. The number of unbranched alkanes of at least 4 members (excludes halogenated alkanes) is 3. The van der Waals surface area contributed by atoms with Gasteiger partial charge in [-0.2, -0.15) is 0 Å². The van der Waals surface area contributed by atoms with E-state index in [0.717, 1.165) is 43.4 Å². The lowest BCUT2D eigenvalue weighted by atomic mass is 10.1. The molecule has 2 rings (SSSR count). The normalized spacial score (nSPS) is 13.3. The van der Waals surface area contributed by atoms with Gasteiger partial charge >= 0.3 is 5.97 Å². The first-order valence-electron chi connectivity index (χ1n) is 7.50. The van der Waals surface area contributed by atoms with Crippen molar-refractivity contribution in [2.45, 2.75) is 38.5 Å². The van der Waals surface area contributed by atoms with Crippen LogP contribution in [0.5, 0.6) is 0 Å². The van der Waals surface area contributed by atoms with Crippen LogP contribution < -0.4 is 10.6 Å². The highest BCUT2D eigenvalue weighted by atomic mass is 16.4. The summed E-state index contributed by atoms with van der Waals surface area (Å²) in [6, 6.07) is 5.02. The second kappa shape index (κ2) is 7.22. The number of rotatable bonds is 7. The van der Waals surface area contributed by atoms with Crippen LogP contribution in [0.2, 0.25) is 0 Å². The third-order valence-electron chi connectivity index (χ3n) is 3.87. The fourth-order valence-electron chi connectivity index (χ4n) is 2.68. The number of amides is 1. The molecule has 0 radical (unpaired) electrons. The van der Waals surface area contributed by atoms with Crippen LogP contribution in [0.25, 0.3) is 0 Å². The molecule has 21 heavy (non-hydrogen) atoms. The number of nitrogens with two attached hydrogens (primary N) is 1. The summed E-state index contributed by atoms with van der Waals surface area (Å²) in [6.45, 7) is 1.35. The smallest absolute Gasteiger partial charge is 0.335 e. The molecule has 3 N–H and O–H groups in total. The van der Waals surface area contributed by atoms with Crippen LogP contribution in [0.1, 0.15) is 48.0 Å². The molecule has 0 atom stereocenters. The molecule has 1 aromatic rings. The summed E-state index contributed by atoms with van der Waals surface area (Å²) in [5.41, 5.74) is 7.49. The van der Waals surface area contributed by atoms with E-state index in [4.69, 9.17) is 10.8 Å². The molecular weight excluding hydrogens is 268 g/mol. The maximum absolute atomic E-state index is 12.3. The highest BCUT2D eigenvalue weighted by Gasteiger charge is 2.25. The molecule has 0 fully saturated rings. The fraction of sp³-hybridized carbons (Fsp3) is 0.500. The Balaban J connectivity index is 1.96. The predicted molar refractivity (Wildman–Crippen MR) is 81.6 cm³/mol. The Bertz CT molecular complexity index is 528. The van der Waals surface area contributed by atoms with Crippen molar-refractivity contribution < 1.29 is 14.7 Å². The number of hydrogen-bond donors (Lipinski definition) is 2. The lowest BCUT2D eigenvalue weighted by molar-refractivity contribution is -0.118. The average Bonchev–Trinajstić information content (AvgIpc) is 2.89. The van der Waals surface area contributed by atoms with E-state index < -0.39 is 5.97 Å². The molecule has 0 aromatic heterocycles. The van der Waals surface area contributed by atoms with Gasteiger partial charge in [0.25, 0.3) is 0 Å². The lowest BCUT2D eigenvalue weighted by Crippen LogP contribution is -2.28. The maximum atomic E-state index is 12.3. The first-order chi connectivity index (χ1) is 10.1. The Labute approximate surface area is 124 Å². The van der Waals surface area contributed by atoms with Crippen molar-refractivity contribution in [1.82, 2.24) is 0 Å². The number of hydrogen-bond acceptors (Lipinski definition) is 3. The zero-order valence-corrected chi connectivity index (χ0v) is 12.2. The molecule has 1 aliphatic rings. The molecule has 114 valence electrons. The standard InChI is InChI=1S/C16H22N2O3/c17-9-4-2-1-3-5-15(19)18-10-8-12-6-7-13(16(20)21)11-14(12)18/h6-7,11H,1-5,8-10,17H2,(H,20,21). The molecule has 0 spiro atoms. The molecule has 1 aliphatic heterocycles. The summed E-state index contributed by atoms with van der Waals surface area (Å²) in [6.07, 6.45) is 5.25. The number of aromatic carboxylic acids is 1. The zero-order valence-electron chi connectivity index (χ0n) is 12.2. The van der Waals surface area contributed by atoms with Gasteiger partial charge in [-0.3, -0.25) is 4.79 Å². The van der Waals surface area contributed by atoms with Gasteiger partial charge in [-0.1, -0.05) is 18.9 Å². The van der Waals surface area contributed by atoms with Gasteiger partial charge in [-0.05, 0) is 43.5 Å². The average molecular weight is 290 g/mol. The van der Waals surface area contributed by atoms with E-state index in [0.29, 0.717) is 19.5 Å². The van der Waals surface area contributed by atoms with E-state index in [9.17, 15) is 9.59 Å². The molecule has 0 aliphatic carbocycles. The van der Waals surface area contributed by atoms with E-state index >= 15 is 0 Å². The quantitative estimate of drug-likeness (QED) is 0.754. The van der Waals surface area contributed by atoms with Crippen molar-refractivity contribution in [1.29, 1.82) is 0 Å². The molecule has 1 heterocycles. The number of fused-ring (bicyclic) bond motifs is 1. The molecule has 0 saturated carbocycles. The Morgan fingerprint density at radius 1 is 1.19 bits per heavy atom. The van der Waals surface area contributed by atoms with Crippen molar-refractivity contribution in [2.75, 3.05) is 18.0 Å².